The van der Waals surface area contributed by atoms with Crippen molar-refractivity contribution in [1.29, 1.82) is 0 Å². The predicted molar refractivity (Wildman–Crippen MR) is 86.9 cm³/mol. The molecular formula is C14H33NSSi. The Kier molecular flexibility index (Phi) is 12.0. The van der Waals surface area contributed by atoms with Gasteiger partial charge in [-0.05, 0) is 11.8 Å². The maximum absolute atomic E-state index is 5.51. The first-order chi connectivity index (χ1) is 8.12. The largest absolute Gasteiger partial charge is 0.330 e. The third-order valence-electron chi connectivity index (χ3n) is 3.39. The lowest BCUT2D eigenvalue weighted by molar-refractivity contribution is 0.622. The number of unbranched alkanes of at least 4 members (excludes halogenated alkanes) is 5. The van der Waals surface area contributed by atoms with Crippen LogP contribution in [0.4, 0.5) is 0 Å². The van der Waals surface area contributed by atoms with E-state index in [1.165, 1.54) is 56.4 Å². The molecule has 0 rings (SSSR count). The normalized spacial score (nSPS) is 12.0. The van der Waals surface area contributed by atoms with Crippen molar-refractivity contribution < 1.29 is 0 Å². The molecule has 0 amide bonds. The Bertz CT molecular complexity index is 162. The van der Waals surface area contributed by atoms with Crippen LogP contribution in [-0.4, -0.2) is 26.1 Å². The molecule has 104 valence electrons. The molecule has 1 nitrogen and oxygen atoms in total. The Morgan fingerprint density at radius 3 is 2.18 bits per heavy atom. The van der Waals surface area contributed by atoms with E-state index in [2.05, 4.69) is 20.0 Å². The van der Waals surface area contributed by atoms with Crippen molar-refractivity contribution >= 4 is 19.8 Å². The average Bonchev–Trinajstić information content (AvgIpc) is 2.29. The minimum absolute atomic E-state index is 0.837. The second-order valence-corrected chi connectivity index (χ2v) is 12.4. The molecule has 0 radical (unpaired) electrons. The molecule has 0 aliphatic heterocycles. The van der Waals surface area contributed by atoms with E-state index in [1.807, 2.05) is 11.8 Å². The highest BCUT2D eigenvalue weighted by Crippen LogP contribution is 2.22. The van der Waals surface area contributed by atoms with Gasteiger partial charge in [-0.25, -0.2) is 0 Å². The van der Waals surface area contributed by atoms with Gasteiger partial charge < -0.3 is 5.73 Å². The van der Waals surface area contributed by atoms with Crippen molar-refractivity contribution in [2.75, 3.05) is 18.1 Å². The SMILES string of the molecule is CCCCCCCC[Si](C)(C)CCSCCN. The quantitative estimate of drug-likeness (QED) is 0.411. The highest BCUT2D eigenvalue weighted by Gasteiger charge is 2.19. The van der Waals surface area contributed by atoms with Gasteiger partial charge >= 0.3 is 0 Å². The molecule has 0 bridgehead atoms. The van der Waals surface area contributed by atoms with Crippen molar-refractivity contribution in [3.05, 3.63) is 0 Å². The summed E-state index contributed by atoms with van der Waals surface area (Å²) in [4.78, 5) is 0. The van der Waals surface area contributed by atoms with Crippen LogP contribution in [-0.2, 0) is 0 Å². The van der Waals surface area contributed by atoms with Crippen LogP contribution in [0, 0.1) is 0 Å². The molecule has 0 aromatic rings. The van der Waals surface area contributed by atoms with Crippen LogP contribution in [0.3, 0.4) is 0 Å². The van der Waals surface area contributed by atoms with Crippen LogP contribution in [0.25, 0.3) is 0 Å². The molecule has 0 aliphatic carbocycles. The molecule has 17 heavy (non-hydrogen) atoms. The van der Waals surface area contributed by atoms with Crippen LogP contribution in [0.5, 0.6) is 0 Å². The minimum Gasteiger partial charge on any atom is -0.330 e. The Morgan fingerprint density at radius 1 is 0.882 bits per heavy atom. The van der Waals surface area contributed by atoms with Gasteiger partial charge in [0.2, 0.25) is 0 Å². The van der Waals surface area contributed by atoms with Gasteiger partial charge in [0.15, 0.2) is 0 Å². The fourth-order valence-electron chi connectivity index (χ4n) is 2.04. The molecule has 0 atom stereocenters. The van der Waals surface area contributed by atoms with Gasteiger partial charge in [0.1, 0.15) is 0 Å². The van der Waals surface area contributed by atoms with E-state index in [1.54, 1.807) is 0 Å². The molecular weight excluding hydrogens is 242 g/mol. The molecule has 2 N–H and O–H groups in total. The summed E-state index contributed by atoms with van der Waals surface area (Å²) in [5.74, 6) is 2.48. The maximum atomic E-state index is 5.51. The molecule has 0 heterocycles. The van der Waals surface area contributed by atoms with Gasteiger partial charge in [-0.2, -0.15) is 11.8 Å². The van der Waals surface area contributed by atoms with E-state index in [0.717, 1.165) is 12.3 Å². The van der Waals surface area contributed by atoms with Gasteiger partial charge in [0, 0.05) is 20.4 Å². The van der Waals surface area contributed by atoms with Crippen LogP contribution < -0.4 is 5.73 Å². The smallest absolute Gasteiger partial charge is 0.0481 e. The molecule has 0 aromatic carbocycles. The predicted octanol–water partition coefficient (Wildman–Crippen LogP) is 4.75. The fourth-order valence-corrected chi connectivity index (χ4v) is 6.66. The van der Waals surface area contributed by atoms with Crippen LogP contribution >= 0.6 is 11.8 Å². The summed E-state index contributed by atoms with van der Waals surface area (Å²) in [7, 11) is -0.883. The number of nitrogens with two attached hydrogens (primary N) is 1. The molecule has 0 saturated heterocycles. The summed E-state index contributed by atoms with van der Waals surface area (Å²) in [6.45, 7) is 8.24. The lowest BCUT2D eigenvalue weighted by Crippen LogP contribution is -2.25. The van der Waals surface area contributed by atoms with Crippen molar-refractivity contribution in [2.45, 2.75) is 70.6 Å². The van der Waals surface area contributed by atoms with Gasteiger partial charge in [0.25, 0.3) is 0 Å². The summed E-state index contributed by atoms with van der Waals surface area (Å²) in [5, 5.41) is 0. The second-order valence-electron chi connectivity index (χ2n) is 5.83. The summed E-state index contributed by atoms with van der Waals surface area (Å²) >= 11 is 2.04. The van der Waals surface area contributed by atoms with Crippen LogP contribution in [0.2, 0.25) is 25.2 Å². The topological polar surface area (TPSA) is 26.0 Å². The Hall–Kier alpha value is 0.527. The summed E-state index contributed by atoms with van der Waals surface area (Å²) in [5.41, 5.74) is 5.51. The molecule has 0 fully saturated rings. The number of rotatable bonds is 12. The molecule has 0 unspecified atom stereocenters. The van der Waals surface area contributed by atoms with Crippen molar-refractivity contribution in [3.63, 3.8) is 0 Å². The Balaban J connectivity index is 3.37. The molecule has 0 spiro atoms. The average molecular weight is 276 g/mol. The monoisotopic (exact) mass is 275 g/mol. The van der Waals surface area contributed by atoms with Crippen LogP contribution in [0.15, 0.2) is 0 Å². The first-order valence-corrected chi connectivity index (χ1v) is 12.0. The molecule has 0 aromatic heterocycles. The first-order valence-electron chi connectivity index (χ1n) is 7.40. The molecule has 0 saturated carbocycles. The molecule has 0 aliphatic rings. The first kappa shape index (κ1) is 17.5. The zero-order valence-corrected chi connectivity index (χ0v) is 14.1. The van der Waals surface area contributed by atoms with Gasteiger partial charge in [0.05, 0.1) is 0 Å². The number of thioether (sulfide) groups is 1. The lowest BCUT2D eigenvalue weighted by Gasteiger charge is -2.22. The van der Waals surface area contributed by atoms with Crippen molar-refractivity contribution in [2.24, 2.45) is 5.73 Å². The van der Waals surface area contributed by atoms with E-state index >= 15 is 0 Å². The highest BCUT2D eigenvalue weighted by atomic mass is 32.2. The number of hydrogen-bond donors (Lipinski definition) is 1. The van der Waals surface area contributed by atoms with Gasteiger partial charge in [-0.3, -0.25) is 0 Å². The van der Waals surface area contributed by atoms with E-state index in [4.69, 9.17) is 5.73 Å². The van der Waals surface area contributed by atoms with E-state index < -0.39 is 8.07 Å². The van der Waals surface area contributed by atoms with Gasteiger partial charge in [-0.1, -0.05) is 64.6 Å². The van der Waals surface area contributed by atoms with E-state index in [-0.39, 0.29) is 0 Å². The van der Waals surface area contributed by atoms with Crippen molar-refractivity contribution in [3.8, 4) is 0 Å². The fraction of sp³-hybridized carbons (Fsp3) is 1.00. The lowest BCUT2D eigenvalue weighted by atomic mass is 10.1. The molecule has 3 heteroatoms. The standard InChI is InChI=1S/C14H33NSSi/c1-4-5-6-7-8-9-13-17(2,3)14-12-16-11-10-15/h4-15H2,1-3H3. The summed E-state index contributed by atoms with van der Waals surface area (Å²) in [6, 6.07) is 3.01. The third-order valence-corrected chi connectivity index (χ3v) is 8.08. The minimum atomic E-state index is -0.883. The zero-order valence-electron chi connectivity index (χ0n) is 12.3. The number of hydrogen-bond acceptors (Lipinski definition) is 2. The van der Waals surface area contributed by atoms with Gasteiger partial charge in [-0.15, -0.1) is 0 Å². The second kappa shape index (κ2) is 11.6. The third kappa shape index (κ3) is 12.8. The highest BCUT2D eigenvalue weighted by molar-refractivity contribution is 7.99. The summed E-state index contributed by atoms with van der Waals surface area (Å²) < 4.78 is 0. The Labute approximate surface area is 114 Å². The van der Waals surface area contributed by atoms with E-state index in [9.17, 15) is 0 Å². The Morgan fingerprint density at radius 2 is 1.53 bits per heavy atom. The maximum Gasteiger partial charge on any atom is 0.0481 e. The van der Waals surface area contributed by atoms with Crippen molar-refractivity contribution in [1.82, 2.24) is 0 Å². The van der Waals surface area contributed by atoms with Crippen LogP contribution in [0.1, 0.15) is 45.4 Å². The summed E-state index contributed by atoms with van der Waals surface area (Å²) in [6.07, 6.45) is 8.64. The van der Waals surface area contributed by atoms with E-state index in [0.29, 0.717) is 0 Å². The zero-order chi connectivity index (χ0) is 13.0.